The summed E-state index contributed by atoms with van der Waals surface area (Å²) in [5, 5.41) is 3.09. The predicted molar refractivity (Wildman–Crippen MR) is 78.3 cm³/mol. The topological polar surface area (TPSA) is 55.1 Å². The molecule has 2 fully saturated rings. The van der Waals surface area contributed by atoms with Crippen LogP contribution in [0, 0.1) is 11.7 Å². The summed E-state index contributed by atoms with van der Waals surface area (Å²) in [5.74, 6) is 0.345. The van der Waals surface area contributed by atoms with E-state index >= 15 is 0 Å². The SMILES string of the molecule is Cl.NCC(NC(=O)C1(c2ccc(F)cc2)CC1)C1CC1. The fraction of sp³-hybridized carbons (Fsp3) is 0.533. The second-order valence-corrected chi connectivity index (χ2v) is 5.74. The van der Waals surface area contributed by atoms with Crippen LogP contribution in [0.1, 0.15) is 31.2 Å². The van der Waals surface area contributed by atoms with Crippen molar-refractivity contribution in [2.75, 3.05) is 6.54 Å². The lowest BCUT2D eigenvalue weighted by molar-refractivity contribution is -0.124. The molecule has 3 N–H and O–H groups in total. The van der Waals surface area contributed by atoms with E-state index in [0.717, 1.165) is 31.2 Å². The molecule has 1 atom stereocenters. The van der Waals surface area contributed by atoms with Crippen LogP contribution in [0.3, 0.4) is 0 Å². The molecule has 1 unspecified atom stereocenters. The molecule has 2 aliphatic rings. The number of hydrogen-bond acceptors (Lipinski definition) is 2. The van der Waals surface area contributed by atoms with Crippen molar-refractivity contribution in [2.45, 2.75) is 37.1 Å². The summed E-state index contributed by atoms with van der Waals surface area (Å²) >= 11 is 0. The van der Waals surface area contributed by atoms with E-state index in [2.05, 4.69) is 5.32 Å². The van der Waals surface area contributed by atoms with Gasteiger partial charge >= 0.3 is 0 Å². The molecule has 0 heterocycles. The number of carbonyl (C=O) groups is 1. The van der Waals surface area contributed by atoms with Crippen molar-refractivity contribution in [2.24, 2.45) is 11.7 Å². The third-order valence-corrected chi connectivity index (χ3v) is 4.34. The molecule has 5 heteroatoms. The van der Waals surface area contributed by atoms with Crippen molar-refractivity contribution in [3.05, 3.63) is 35.6 Å². The Morgan fingerprint density at radius 1 is 1.35 bits per heavy atom. The molecule has 1 aromatic carbocycles. The monoisotopic (exact) mass is 298 g/mol. The van der Waals surface area contributed by atoms with Crippen LogP contribution in [0.2, 0.25) is 0 Å². The molecule has 0 bridgehead atoms. The van der Waals surface area contributed by atoms with E-state index in [9.17, 15) is 9.18 Å². The summed E-state index contributed by atoms with van der Waals surface area (Å²) < 4.78 is 13.0. The Morgan fingerprint density at radius 3 is 2.40 bits per heavy atom. The van der Waals surface area contributed by atoms with Gasteiger partial charge in [0, 0.05) is 12.6 Å². The molecule has 0 aliphatic heterocycles. The molecule has 1 aromatic rings. The van der Waals surface area contributed by atoms with Gasteiger partial charge in [-0.1, -0.05) is 12.1 Å². The molecule has 2 saturated carbocycles. The Labute approximate surface area is 124 Å². The zero-order chi connectivity index (χ0) is 13.5. The molecule has 3 nitrogen and oxygen atoms in total. The highest BCUT2D eigenvalue weighted by molar-refractivity contribution is 5.91. The minimum absolute atomic E-state index is 0. The van der Waals surface area contributed by atoms with Crippen LogP contribution >= 0.6 is 12.4 Å². The van der Waals surface area contributed by atoms with Gasteiger partial charge in [0.1, 0.15) is 5.82 Å². The Morgan fingerprint density at radius 2 is 1.95 bits per heavy atom. The Hall–Kier alpha value is -1.13. The molecular weight excluding hydrogens is 279 g/mol. The fourth-order valence-electron chi connectivity index (χ4n) is 2.72. The smallest absolute Gasteiger partial charge is 0.230 e. The van der Waals surface area contributed by atoms with Crippen molar-refractivity contribution in [3.63, 3.8) is 0 Å². The minimum atomic E-state index is -0.435. The van der Waals surface area contributed by atoms with E-state index in [1.165, 1.54) is 12.1 Å². The largest absolute Gasteiger partial charge is 0.351 e. The van der Waals surface area contributed by atoms with Crippen LogP contribution in [0.5, 0.6) is 0 Å². The average molecular weight is 299 g/mol. The molecule has 110 valence electrons. The maximum atomic E-state index is 13.0. The summed E-state index contributed by atoms with van der Waals surface area (Å²) in [6.07, 6.45) is 4.00. The van der Waals surface area contributed by atoms with Gasteiger partial charge in [0.25, 0.3) is 0 Å². The van der Waals surface area contributed by atoms with Gasteiger partial charge < -0.3 is 11.1 Å². The van der Waals surface area contributed by atoms with Gasteiger partial charge in [0.15, 0.2) is 0 Å². The molecule has 20 heavy (non-hydrogen) atoms. The first-order valence-corrected chi connectivity index (χ1v) is 6.93. The van der Waals surface area contributed by atoms with Crippen LogP contribution in [0.15, 0.2) is 24.3 Å². The molecule has 0 aromatic heterocycles. The Bertz CT molecular complexity index is 483. The molecular formula is C15H20ClFN2O. The number of nitrogens with one attached hydrogen (secondary N) is 1. The Kier molecular flexibility index (Phi) is 4.35. The number of carbonyl (C=O) groups excluding carboxylic acids is 1. The number of hydrogen-bond donors (Lipinski definition) is 2. The zero-order valence-corrected chi connectivity index (χ0v) is 12.1. The number of rotatable bonds is 5. The normalized spacial score (nSPS) is 20.7. The van der Waals surface area contributed by atoms with Gasteiger partial charge in [-0.25, -0.2) is 4.39 Å². The minimum Gasteiger partial charge on any atom is -0.351 e. The quantitative estimate of drug-likeness (QED) is 0.875. The van der Waals surface area contributed by atoms with Crippen molar-refractivity contribution in [1.82, 2.24) is 5.32 Å². The average Bonchev–Trinajstić information content (AvgIpc) is 3.29. The van der Waals surface area contributed by atoms with E-state index in [1.807, 2.05) is 0 Å². The standard InChI is InChI=1S/C15H19FN2O.ClH/c16-12-5-3-11(4-6-12)15(7-8-15)14(19)18-13(9-17)10-1-2-10;/h3-6,10,13H,1-2,7-9,17H2,(H,18,19);1H. The summed E-state index contributed by atoms with van der Waals surface area (Å²) in [6.45, 7) is 0.496. The first-order valence-electron chi connectivity index (χ1n) is 6.93. The molecule has 3 rings (SSSR count). The lowest BCUT2D eigenvalue weighted by atomic mass is 9.94. The second-order valence-electron chi connectivity index (χ2n) is 5.74. The van der Waals surface area contributed by atoms with Crippen LogP contribution in [-0.2, 0) is 10.2 Å². The van der Waals surface area contributed by atoms with Gasteiger partial charge in [-0.3, -0.25) is 4.79 Å². The number of nitrogens with two attached hydrogens (primary N) is 1. The van der Waals surface area contributed by atoms with Crippen molar-refractivity contribution in [3.8, 4) is 0 Å². The van der Waals surface area contributed by atoms with Crippen molar-refractivity contribution >= 4 is 18.3 Å². The highest BCUT2D eigenvalue weighted by Gasteiger charge is 2.52. The van der Waals surface area contributed by atoms with Crippen LogP contribution in [-0.4, -0.2) is 18.5 Å². The third-order valence-electron chi connectivity index (χ3n) is 4.34. The van der Waals surface area contributed by atoms with Crippen LogP contribution in [0.25, 0.3) is 0 Å². The van der Waals surface area contributed by atoms with Gasteiger partial charge in [-0.2, -0.15) is 0 Å². The summed E-state index contributed by atoms with van der Waals surface area (Å²) in [5.41, 5.74) is 6.20. The fourth-order valence-corrected chi connectivity index (χ4v) is 2.72. The summed E-state index contributed by atoms with van der Waals surface area (Å²) in [6, 6.07) is 6.38. The van der Waals surface area contributed by atoms with Crippen molar-refractivity contribution in [1.29, 1.82) is 0 Å². The first-order chi connectivity index (χ1) is 9.15. The number of halogens is 2. The molecule has 0 radical (unpaired) electrons. The van der Waals surface area contributed by atoms with E-state index in [4.69, 9.17) is 5.73 Å². The Balaban J connectivity index is 0.00000147. The van der Waals surface area contributed by atoms with E-state index < -0.39 is 5.41 Å². The number of amides is 1. The predicted octanol–water partition coefficient (Wildman–Crippen LogP) is 2.13. The van der Waals surface area contributed by atoms with Gasteiger partial charge in [0.2, 0.25) is 5.91 Å². The second kappa shape index (κ2) is 5.70. The van der Waals surface area contributed by atoms with Crippen molar-refractivity contribution < 1.29 is 9.18 Å². The number of benzene rings is 1. The molecule has 0 spiro atoms. The summed E-state index contributed by atoms with van der Waals surface area (Å²) in [7, 11) is 0. The maximum Gasteiger partial charge on any atom is 0.230 e. The van der Waals surface area contributed by atoms with E-state index in [0.29, 0.717) is 12.5 Å². The summed E-state index contributed by atoms with van der Waals surface area (Å²) in [4.78, 5) is 12.5. The van der Waals surface area contributed by atoms with E-state index in [1.54, 1.807) is 12.1 Å². The molecule has 0 saturated heterocycles. The van der Waals surface area contributed by atoms with Gasteiger partial charge in [-0.05, 0) is 49.3 Å². The highest BCUT2D eigenvalue weighted by atomic mass is 35.5. The van der Waals surface area contributed by atoms with Gasteiger partial charge in [0.05, 0.1) is 5.41 Å². The van der Waals surface area contributed by atoms with Crippen LogP contribution < -0.4 is 11.1 Å². The third kappa shape index (κ3) is 2.81. The lowest BCUT2D eigenvalue weighted by Crippen LogP contribution is -2.46. The lowest BCUT2D eigenvalue weighted by Gasteiger charge is -2.21. The highest BCUT2D eigenvalue weighted by Crippen LogP contribution is 2.48. The zero-order valence-electron chi connectivity index (χ0n) is 11.3. The van der Waals surface area contributed by atoms with E-state index in [-0.39, 0.29) is 30.2 Å². The molecule has 1 amide bonds. The van der Waals surface area contributed by atoms with Crippen LogP contribution in [0.4, 0.5) is 4.39 Å². The van der Waals surface area contributed by atoms with Gasteiger partial charge in [-0.15, -0.1) is 12.4 Å². The maximum absolute atomic E-state index is 13.0. The first kappa shape index (κ1) is 15.3. The molecule has 2 aliphatic carbocycles.